The molecule has 0 atom stereocenters. The molecule has 0 radical (unpaired) electrons. The molecule has 0 saturated heterocycles. The van der Waals surface area contributed by atoms with Gasteiger partial charge in [-0.3, -0.25) is 0 Å². The van der Waals surface area contributed by atoms with E-state index < -0.39 is 0 Å². The van der Waals surface area contributed by atoms with Crippen LogP contribution in [0.5, 0.6) is 0 Å². The van der Waals surface area contributed by atoms with Crippen molar-refractivity contribution in [1.29, 1.82) is 0 Å². The summed E-state index contributed by atoms with van der Waals surface area (Å²) in [4.78, 5) is 0. The molecule has 1 nitrogen and oxygen atoms in total. The van der Waals surface area contributed by atoms with Crippen LogP contribution in [-0.4, -0.2) is 11.6 Å². The normalized spacial score (nSPS) is 10.8. The van der Waals surface area contributed by atoms with Gasteiger partial charge in [-0.15, -0.1) is 11.8 Å². The van der Waals surface area contributed by atoms with Crippen molar-refractivity contribution in [3.8, 4) is 0 Å². The van der Waals surface area contributed by atoms with Gasteiger partial charge in [-0.25, -0.2) is 0 Å². The number of benzene rings is 1. The third kappa shape index (κ3) is 10.3. The van der Waals surface area contributed by atoms with Crippen LogP contribution in [0.3, 0.4) is 0 Å². The number of unbranched alkanes of at least 4 members (excludes halogenated alkanes) is 7. The summed E-state index contributed by atoms with van der Waals surface area (Å²) in [6.07, 6.45) is 11.3. The smallest absolute Gasteiger partial charge is 0.0420 e. The topological polar surface area (TPSA) is 12.0 Å². The molecule has 0 unspecified atom stereocenters. The highest BCUT2D eigenvalue weighted by Crippen LogP contribution is 2.10. The summed E-state index contributed by atoms with van der Waals surface area (Å²) in [5.41, 5.74) is 1.38. The Morgan fingerprint density at radius 2 is 1.50 bits per heavy atom. The van der Waals surface area contributed by atoms with Gasteiger partial charge in [0.2, 0.25) is 0 Å². The van der Waals surface area contributed by atoms with Crippen LogP contribution >= 0.6 is 11.8 Å². The zero-order chi connectivity index (χ0) is 14.3. The molecule has 0 aliphatic rings. The van der Waals surface area contributed by atoms with Crippen LogP contribution in [0.25, 0.3) is 0 Å². The molecule has 1 aromatic rings. The molecule has 0 spiro atoms. The Bertz CT molecular complexity index is 300. The van der Waals surface area contributed by atoms with Gasteiger partial charge in [-0.2, -0.15) is 0 Å². The molecule has 1 rings (SSSR count). The highest BCUT2D eigenvalue weighted by Gasteiger charge is 1.93. The van der Waals surface area contributed by atoms with Gasteiger partial charge in [0.15, 0.2) is 0 Å². The molecular formula is C18H31NS. The third-order valence-corrected chi connectivity index (χ3v) is 4.50. The molecule has 0 aliphatic carbocycles. The zero-order valence-electron chi connectivity index (χ0n) is 13.1. The summed E-state index contributed by atoms with van der Waals surface area (Å²) in [6.45, 7) is 3.27. The van der Waals surface area contributed by atoms with Gasteiger partial charge in [-0.1, -0.05) is 82.2 Å². The number of nitrogens with one attached hydrogen (secondary N) is 1. The molecule has 1 N–H and O–H groups in total. The number of thioether (sulfide) groups is 1. The van der Waals surface area contributed by atoms with Crippen molar-refractivity contribution in [3.05, 3.63) is 35.9 Å². The van der Waals surface area contributed by atoms with Crippen LogP contribution in [0, 0.1) is 0 Å². The lowest BCUT2D eigenvalue weighted by atomic mass is 10.1. The molecule has 114 valence electrons. The predicted molar refractivity (Wildman–Crippen MR) is 93.2 cm³/mol. The summed E-state index contributed by atoms with van der Waals surface area (Å²) in [5, 5.41) is 3.49. The minimum atomic E-state index is 0.991. The van der Waals surface area contributed by atoms with E-state index in [4.69, 9.17) is 0 Å². The average molecular weight is 294 g/mol. The highest BCUT2D eigenvalue weighted by molar-refractivity contribution is 7.99. The maximum atomic E-state index is 3.49. The van der Waals surface area contributed by atoms with E-state index in [0.717, 1.165) is 12.4 Å². The molecule has 0 bridgehead atoms. The second kappa shape index (κ2) is 13.5. The molecule has 0 amide bonds. The first kappa shape index (κ1) is 17.6. The summed E-state index contributed by atoms with van der Waals surface area (Å²) in [6, 6.07) is 10.6. The van der Waals surface area contributed by atoms with Crippen molar-refractivity contribution < 1.29 is 0 Å². The lowest BCUT2D eigenvalue weighted by Crippen LogP contribution is -2.12. The number of rotatable bonds is 13. The van der Waals surface area contributed by atoms with Crippen LogP contribution in [0.2, 0.25) is 0 Å². The van der Waals surface area contributed by atoms with E-state index in [1.165, 1.54) is 62.7 Å². The van der Waals surface area contributed by atoms with Crippen LogP contribution in [-0.2, 0) is 6.54 Å². The Kier molecular flexibility index (Phi) is 11.9. The van der Waals surface area contributed by atoms with E-state index in [9.17, 15) is 0 Å². The molecule has 0 heterocycles. The van der Waals surface area contributed by atoms with Gasteiger partial charge in [0, 0.05) is 12.4 Å². The van der Waals surface area contributed by atoms with Gasteiger partial charge in [0.05, 0.1) is 0 Å². The Labute approximate surface area is 129 Å². The lowest BCUT2D eigenvalue weighted by Gasteiger charge is -2.05. The van der Waals surface area contributed by atoms with E-state index in [1.54, 1.807) is 0 Å². The average Bonchev–Trinajstić information content (AvgIpc) is 2.49. The van der Waals surface area contributed by atoms with Crippen molar-refractivity contribution in [1.82, 2.24) is 5.32 Å². The Hall–Kier alpha value is -0.470. The first-order valence-electron chi connectivity index (χ1n) is 8.26. The maximum Gasteiger partial charge on any atom is 0.0420 e. The molecule has 1 aromatic carbocycles. The number of hydrogen-bond donors (Lipinski definition) is 1. The SMILES string of the molecule is CCCCCCCCCCSCNCc1ccccc1. The first-order chi connectivity index (χ1) is 9.93. The Balaban J connectivity index is 1.77. The third-order valence-electron chi connectivity index (χ3n) is 3.52. The van der Waals surface area contributed by atoms with Crippen molar-refractivity contribution >= 4 is 11.8 Å². The second-order valence-corrected chi connectivity index (χ2v) is 6.55. The van der Waals surface area contributed by atoms with Gasteiger partial charge in [0.25, 0.3) is 0 Å². The molecule has 0 aliphatic heterocycles. The summed E-state index contributed by atoms with van der Waals surface area (Å²) in [7, 11) is 0. The molecule has 0 saturated carbocycles. The van der Waals surface area contributed by atoms with Crippen LogP contribution < -0.4 is 5.32 Å². The van der Waals surface area contributed by atoms with Gasteiger partial charge < -0.3 is 5.32 Å². The first-order valence-corrected chi connectivity index (χ1v) is 9.41. The van der Waals surface area contributed by atoms with Crippen LogP contribution in [0.4, 0.5) is 0 Å². The second-order valence-electron chi connectivity index (χ2n) is 5.44. The Morgan fingerprint density at radius 1 is 0.850 bits per heavy atom. The van der Waals surface area contributed by atoms with E-state index in [1.807, 2.05) is 11.8 Å². The van der Waals surface area contributed by atoms with Gasteiger partial charge in [0.1, 0.15) is 0 Å². The van der Waals surface area contributed by atoms with Crippen LogP contribution in [0.1, 0.15) is 63.9 Å². The van der Waals surface area contributed by atoms with E-state index >= 15 is 0 Å². The van der Waals surface area contributed by atoms with Gasteiger partial charge >= 0.3 is 0 Å². The number of hydrogen-bond acceptors (Lipinski definition) is 2. The van der Waals surface area contributed by atoms with Crippen molar-refractivity contribution in [2.45, 2.75) is 64.8 Å². The van der Waals surface area contributed by atoms with Crippen molar-refractivity contribution in [2.24, 2.45) is 0 Å². The predicted octanol–water partition coefficient (Wildman–Crippen LogP) is 5.61. The largest absolute Gasteiger partial charge is 0.304 e. The molecule has 20 heavy (non-hydrogen) atoms. The van der Waals surface area contributed by atoms with Crippen molar-refractivity contribution in [2.75, 3.05) is 11.6 Å². The fourth-order valence-electron chi connectivity index (χ4n) is 2.27. The standard InChI is InChI=1S/C18H31NS/c1-2-3-4-5-6-7-8-12-15-20-17-19-16-18-13-10-9-11-14-18/h9-11,13-14,19H,2-8,12,15-17H2,1H3. The highest BCUT2D eigenvalue weighted by atomic mass is 32.2. The fraction of sp³-hybridized carbons (Fsp3) is 0.667. The maximum absolute atomic E-state index is 3.49. The molecule has 0 fully saturated rings. The Morgan fingerprint density at radius 3 is 2.20 bits per heavy atom. The fourth-order valence-corrected chi connectivity index (χ4v) is 3.07. The molecule has 0 aromatic heterocycles. The summed E-state index contributed by atoms with van der Waals surface area (Å²) < 4.78 is 0. The van der Waals surface area contributed by atoms with E-state index in [0.29, 0.717) is 0 Å². The zero-order valence-corrected chi connectivity index (χ0v) is 13.9. The minimum absolute atomic E-state index is 0.991. The molecule has 2 heteroatoms. The molecular weight excluding hydrogens is 262 g/mol. The summed E-state index contributed by atoms with van der Waals surface area (Å²) >= 11 is 2.03. The van der Waals surface area contributed by atoms with E-state index in [-0.39, 0.29) is 0 Å². The van der Waals surface area contributed by atoms with Gasteiger partial charge in [-0.05, 0) is 17.7 Å². The lowest BCUT2D eigenvalue weighted by molar-refractivity contribution is 0.586. The summed E-state index contributed by atoms with van der Waals surface area (Å²) in [5.74, 6) is 2.38. The quantitative estimate of drug-likeness (QED) is 0.375. The monoisotopic (exact) mass is 293 g/mol. The minimum Gasteiger partial charge on any atom is -0.304 e. The van der Waals surface area contributed by atoms with Crippen LogP contribution in [0.15, 0.2) is 30.3 Å². The van der Waals surface area contributed by atoms with Crippen molar-refractivity contribution in [3.63, 3.8) is 0 Å². The van der Waals surface area contributed by atoms with E-state index in [2.05, 4.69) is 42.6 Å².